The monoisotopic (exact) mass is 272 g/mol. The van der Waals surface area contributed by atoms with Crippen molar-refractivity contribution in [3.8, 4) is 0 Å². The number of rotatable bonds is 10. The van der Waals surface area contributed by atoms with E-state index >= 15 is 0 Å². The lowest BCUT2D eigenvalue weighted by atomic mass is 9.79. The number of aliphatic hydroxyl groups is 1. The molecule has 0 aromatic carbocycles. The summed E-state index contributed by atoms with van der Waals surface area (Å²) in [4.78, 5) is 2.44. The fraction of sp³-hybridized carbons (Fsp3) is 1.00. The van der Waals surface area contributed by atoms with E-state index < -0.39 is 0 Å². The van der Waals surface area contributed by atoms with Crippen molar-refractivity contribution in [2.24, 2.45) is 5.41 Å². The van der Waals surface area contributed by atoms with E-state index in [2.05, 4.69) is 24.1 Å². The Kier molecular flexibility index (Phi) is 8.62. The molecule has 1 aliphatic rings. The van der Waals surface area contributed by atoms with Crippen LogP contribution in [0, 0.1) is 5.41 Å². The number of nitrogens with one attached hydrogen (secondary N) is 1. The molecule has 1 rings (SSSR count). The predicted molar refractivity (Wildman–Crippen MR) is 79.5 cm³/mol. The highest BCUT2D eigenvalue weighted by Crippen LogP contribution is 2.31. The molecule has 0 amide bonds. The second-order valence-corrected chi connectivity index (χ2v) is 5.75. The molecule has 114 valence electrons. The normalized spacial score (nSPS) is 18.9. The Morgan fingerprint density at radius 2 is 1.95 bits per heavy atom. The number of aliphatic hydroxyl groups excluding tert-OH is 1. The van der Waals surface area contributed by atoms with E-state index in [1.54, 1.807) is 0 Å². The summed E-state index contributed by atoms with van der Waals surface area (Å²) in [5.74, 6) is 0. The van der Waals surface area contributed by atoms with Gasteiger partial charge in [-0.3, -0.25) is 0 Å². The Hall–Kier alpha value is -0.160. The Labute approximate surface area is 118 Å². The number of unbranched alkanes of at least 4 members (excludes halogenated alkanes) is 1. The summed E-state index contributed by atoms with van der Waals surface area (Å²) in [6.07, 6.45) is 4.70. The second kappa shape index (κ2) is 9.70. The van der Waals surface area contributed by atoms with Gasteiger partial charge >= 0.3 is 0 Å². The third kappa shape index (κ3) is 6.21. The van der Waals surface area contributed by atoms with E-state index in [0.717, 1.165) is 58.8 Å². The number of hydrogen-bond acceptors (Lipinski definition) is 4. The minimum atomic E-state index is 0.261. The van der Waals surface area contributed by atoms with Gasteiger partial charge in [0.05, 0.1) is 6.61 Å². The van der Waals surface area contributed by atoms with E-state index in [4.69, 9.17) is 4.74 Å². The zero-order chi connectivity index (χ0) is 14.0. The van der Waals surface area contributed by atoms with Gasteiger partial charge in [-0.25, -0.2) is 0 Å². The highest BCUT2D eigenvalue weighted by molar-refractivity contribution is 4.87. The van der Waals surface area contributed by atoms with Gasteiger partial charge in [-0.05, 0) is 37.8 Å². The quantitative estimate of drug-likeness (QED) is 0.632. The third-order valence-corrected chi connectivity index (χ3v) is 4.11. The van der Waals surface area contributed by atoms with Gasteiger partial charge in [0.1, 0.15) is 0 Å². The topological polar surface area (TPSA) is 44.7 Å². The van der Waals surface area contributed by atoms with Crippen molar-refractivity contribution in [2.45, 2.75) is 39.5 Å². The maximum Gasteiger partial charge on any atom is 0.0558 e. The van der Waals surface area contributed by atoms with Crippen LogP contribution < -0.4 is 5.32 Å². The molecule has 1 aliphatic heterocycles. The van der Waals surface area contributed by atoms with Crippen molar-refractivity contribution in [2.75, 3.05) is 52.5 Å². The highest BCUT2D eigenvalue weighted by atomic mass is 16.5. The molecule has 0 spiro atoms. The summed E-state index contributed by atoms with van der Waals surface area (Å²) < 4.78 is 5.53. The molecule has 1 saturated heterocycles. The Balaban J connectivity index is 2.55. The molecule has 0 atom stereocenters. The van der Waals surface area contributed by atoms with Gasteiger partial charge in [0.2, 0.25) is 0 Å². The molecule has 19 heavy (non-hydrogen) atoms. The van der Waals surface area contributed by atoms with Gasteiger partial charge in [-0.15, -0.1) is 0 Å². The van der Waals surface area contributed by atoms with Crippen LogP contribution in [0.2, 0.25) is 0 Å². The van der Waals surface area contributed by atoms with E-state index in [-0.39, 0.29) is 6.61 Å². The molecular formula is C15H32N2O2. The van der Waals surface area contributed by atoms with Crippen LogP contribution >= 0.6 is 0 Å². The van der Waals surface area contributed by atoms with Crippen molar-refractivity contribution in [3.05, 3.63) is 0 Å². The number of hydrogen-bond donors (Lipinski definition) is 2. The van der Waals surface area contributed by atoms with Crippen LogP contribution in [0.4, 0.5) is 0 Å². The van der Waals surface area contributed by atoms with Crippen molar-refractivity contribution in [1.29, 1.82) is 0 Å². The maximum absolute atomic E-state index is 9.24. The van der Waals surface area contributed by atoms with E-state index in [1.807, 2.05) is 0 Å². The Bertz CT molecular complexity index is 218. The molecule has 4 heteroatoms. The highest BCUT2D eigenvalue weighted by Gasteiger charge is 2.33. The van der Waals surface area contributed by atoms with Crippen molar-refractivity contribution in [3.63, 3.8) is 0 Å². The van der Waals surface area contributed by atoms with Crippen molar-refractivity contribution < 1.29 is 9.84 Å². The van der Waals surface area contributed by atoms with E-state index in [1.165, 1.54) is 12.8 Å². The molecule has 0 unspecified atom stereocenters. The summed E-state index contributed by atoms with van der Waals surface area (Å²) in [5.41, 5.74) is 0.331. The molecule has 2 N–H and O–H groups in total. The second-order valence-electron chi connectivity index (χ2n) is 5.75. The minimum Gasteiger partial charge on any atom is -0.395 e. The molecule has 1 fully saturated rings. The van der Waals surface area contributed by atoms with Gasteiger partial charge in [0.25, 0.3) is 0 Å². The van der Waals surface area contributed by atoms with Crippen LogP contribution in [-0.4, -0.2) is 62.6 Å². The van der Waals surface area contributed by atoms with Crippen LogP contribution in [0.15, 0.2) is 0 Å². The third-order valence-electron chi connectivity index (χ3n) is 4.11. The molecule has 1 heterocycles. The Morgan fingerprint density at radius 3 is 2.53 bits per heavy atom. The SMILES string of the molecule is CCCCN(CCO)CC1(CNCC)CCOCC1. The summed E-state index contributed by atoms with van der Waals surface area (Å²) in [6, 6.07) is 0. The molecule has 4 nitrogen and oxygen atoms in total. The largest absolute Gasteiger partial charge is 0.395 e. The van der Waals surface area contributed by atoms with Crippen LogP contribution in [0.5, 0.6) is 0 Å². The number of nitrogens with zero attached hydrogens (tertiary/aromatic N) is 1. The number of ether oxygens (including phenoxy) is 1. The first-order valence-electron chi connectivity index (χ1n) is 7.88. The van der Waals surface area contributed by atoms with Crippen LogP contribution in [0.1, 0.15) is 39.5 Å². The van der Waals surface area contributed by atoms with Gasteiger partial charge in [0.15, 0.2) is 0 Å². The first-order valence-corrected chi connectivity index (χ1v) is 7.88. The van der Waals surface area contributed by atoms with E-state index in [0.29, 0.717) is 5.41 Å². The zero-order valence-electron chi connectivity index (χ0n) is 12.8. The molecular weight excluding hydrogens is 240 g/mol. The van der Waals surface area contributed by atoms with Gasteiger partial charge in [0, 0.05) is 32.8 Å². The lowest BCUT2D eigenvalue weighted by Gasteiger charge is -2.41. The fourth-order valence-corrected chi connectivity index (χ4v) is 2.85. The van der Waals surface area contributed by atoms with Gasteiger partial charge in [-0.2, -0.15) is 0 Å². The summed E-state index contributed by atoms with van der Waals surface area (Å²) >= 11 is 0. The van der Waals surface area contributed by atoms with Crippen LogP contribution in [0.25, 0.3) is 0 Å². The minimum absolute atomic E-state index is 0.261. The zero-order valence-corrected chi connectivity index (χ0v) is 12.8. The van der Waals surface area contributed by atoms with Crippen LogP contribution in [0.3, 0.4) is 0 Å². The summed E-state index contributed by atoms with van der Waals surface area (Å²) in [7, 11) is 0. The first-order chi connectivity index (χ1) is 9.26. The average Bonchev–Trinajstić information content (AvgIpc) is 2.44. The lowest BCUT2D eigenvalue weighted by Crippen LogP contribution is -2.48. The molecule has 0 saturated carbocycles. The van der Waals surface area contributed by atoms with Crippen LogP contribution in [-0.2, 0) is 4.74 Å². The van der Waals surface area contributed by atoms with Gasteiger partial charge in [-0.1, -0.05) is 20.3 Å². The molecule has 0 aromatic heterocycles. The van der Waals surface area contributed by atoms with E-state index in [9.17, 15) is 5.11 Å². The van der Waals surface area contributed by atoms with Gasteiger partial charge < -0.3 is 20.1 Å². The summed E-state index contributed by atoms with van der Waals surface area (Å²) in [5, 5.41) is 12.8. The summed E-state index contributed by atoms with van der Waals surface area (Å²) in [6.45, 7) is 11.5. The molecule has 0 aromatic rings. The first kappa shape index (κ1) is 16.9. The van der Waals surface area contributed by atoms with Crippen molar-refractivity contribution in [1.82, 2.24) is 10.2 Å². The maximum atomic E-state index is 9.24. The molecule has 0 aliphatic carbocycles. The lowest BCUT2D eigenvalue weighted by molar-refractivity contribution is -0.00646. The Morgan fingerprint density at radius 1 is 1.21 bits per heavy atom. The average molecular weight is 272 g/mol. The molecule has 0 radical (unpaired) electrons. The fourth-order valence-electron chi connectivity index (χ4n) is 2.85. The molecule has 0 bridgehead atoms. The van der Waals surface area contributed by atoms with Crippen molar-refractivity contribution >= 4 is 0 Å². The smallest absolute Gasteiger partial charge is 0.0558 e. The predicted octanol–water partition coefficient (Wildman–Crippen LogP) is 1.49. The standard InChI is InChI=1S/C15H32N2O2/c1-3-5-8-17(9-10-18)14-15(13-16-4-2)6-11-19-12-7-15/h16,18H,3-14H2,1-2H3.